The third kappa shape index (κ3) is 4.89. The summed E-state index contributed by atoms with van der Waals surface area (Å²) in [5, 5.41) is 2.91. The highest BCUT2D eigenvalue weighted by molar-refractivity contribution is 7.89. The maximum absolute atomic E-state index is 12.8. The molecule has 0 aliphatic carbocycles. The van der Waals surface area contributed by atoms with Gasteiger partial charge in [0.1, 0.15) is 4.90 Å². The molecule has 1 amide bonds. The van der Waals surface area contributed by atoms with Gasteiger partial charge in [-0.2, -0.15) is 0 Å². The van der Waals surface area contributed by atoms with Crippen molar-refractivity contribution in [3.05, 3.63) is 41.7 Å². The third-order valence-electron chi connectivity index (χ3n) is 5.03. The number of amides is 1. The van der Waals surface area contributed by atoms with E-state index in [4.69, 9.17) is 11.6 Å². The summed E-state index contributed by atoms with van der Waals surface area (Å²) >= 11 is 6.07. The van der Waals surface area contributed by atoms with Crippen molar-refractivity contribution >= 4 is 39.2 Å². The summed E-state index contributed by atoms with van der Waals surface area (Å²) in [5.41, 5.74) is 0.382. The predicted octanol–water partition coefficient (Wildman–Crippen LogP) is 1.53. The van der Waals surface area contributed by atoms with E-state index in [1.807, 2.05) is 6.92 Å². The van der Waals surface area contributed by atoms with Crippen LogP contribution in [0.1, 0.15) is 6.92 Å². The Bertz CT molecular complexity index is 995. The molecule has 1 aliphatic heterocycles. The number of sulfonamides is 1. The van der Waals surface area contributed by atoms with Crippen LogP contribution in [-0.4, -0.2) is 79.8 Å². The Morgan fingerprint density at radius 3 is 2.40 bits per heavy atom. The second-order valence-corrected chi connectivity index (χ2v) is 9.70. The molecule has 2 heterocycles. The summed E-state index contributed by atoms with van der Waals surface area (Å²) in [6, 6.07) is 5.84. The van der Waals surface area contributed by atoms with Crippen LogP contribution in [0.25, 0.3) is 0 Å². The standard InChI is InChI=1S/C19H25ClN6O3S/c1-14(25-9-11-26(12-10-25)19-21-7-4-8-22-19)18(27)23-15-5-6-16(20)17(13-15)30(28,29)24(2)3/h4-8,13-14H,9-12H2,1-3H3,(H,23,27). The fourth-order valence-corrected chi connectivity index (χ4v) is 4.55. The fraction of sp³-hybridized carbons (Fsp3) is 0.421. The summed E-state index contributed by atoms with van der Waals surface area (Å²) < 4.78 is 25.9. The molecular weight excluding hydrogens is 428 g/mol. The number of benzene rings is 1. The monoisotopic (exact) mass is 452 g/mol. The molecule has 1 aromatic heterocycles. The Labute approximate surface area is 181 Å². The first-order valence-electron chi connectivity index (χ1n) is 9.49. The molecule has 1 saturated heterocycles. The summed E-state index contributed by atoms with van der Waals surface area (Å²) in [4.78, 5) is 25.4. The predicted molar refractivity (Wildman–Crippen MR) is 116 cm³/mol. The summed E-state index contributed by atoms with van der Waals surface area (Å²) in [5.74, 6) is 0.472. The first kappa shape index (κ1) is 22.4. The van der Waals surface area contributed by atoms with Gasteiger partial charge in [0, 0.05) is 58.4 Å². The second-order valence-electron chi connectivity index (χ2n) is 7.17. The molecule has 162 valence electrons. The molecule has 0 bridgehead atoms. The van der Waals surface area contributed by atoms with E-state index in [2.05, 4.69) is 25.1 Å². The van der Waals surface area contributed by atoms with Crippen molar-refractivity contribution in [3.63, 3.8) is 0 Å². The van der Waals surface area contributed by atoms with E-state index < -0.39 is 10.0 Å². The topological polar surface area (TPSA) is 98.7 Å². The van der Waals surface area contributed by atoms with Gasteiger partial charge in [-0.15, -0.1) is 0 Å². The van der Waals surface area contributed by atoms with Crippen LogP contribution < -0.4 is 10.2 Å². The first-order chi connectivity index (χ1) is 14.2. The number of carbonyl (C=O) groups is 1. The van der Waals surface area contributed by atoms with Crippen LogP contribution in [0.4, 0.5) is 11.6 Å². The highest BCUT2D eigenvalue weighted by Gasteiger charge is 2.27. The number of hydrogen-bond acceptors (Lipinski definition) is 7. The molecular formula is C19H25ClN6O3S. The van der Waals surface area contributed by atoms with Crippen LogP contribution in [0.15, 0.2) is 41.6 Å². The molecule has 1 aromatic carbocycles. The minimum absolute atomic E-state index is 0.0453. The van der Waals surface area contributed by atoms with Crippen LogP contribution in [0.2, 0.25) is 5.02 Å². The lowest BCUT2D eigenvalue weighted by Gasteiger charge is -2.37. The lowest BCUT2D eigenvalue weighted by molar-refractivity contribution is -0.120. The molecule has 3 rings (SSSR count). The molecule has 1 unspecified atom stereocenters. The van der Waals surface area contributed by atoms with Gasteiger partial charge in [-0.25, -0.2) is 22.7 Å². The molecule has 1 aliphatic rings. The molecule has 2 aromatic rings. The Morgan fingerprint density at radius 2 is 1.80 bits per heavy atom. The van der Waals surface area contributed by atoms with E-state index in [-0.39, 0.29) is 21.9 Å². The van der Waals surface area contributed by atoms with Gasteiger partial charge in [0.25, 0.3) is 0 Å². The van der Waals surface area contributed by atoms with Crippen molar-refractivity contribution in [1.82, 2.24) is 19.2 Å². The van der Waals surface area contributed by atoms with Gasteiger partial charge < -0.3 is 10.2 Å². The number of rotatable bonds is 6. The average molecular weight is 453 g/mol. The number of anilines is 2. The fourth-order valence-electron chi connectivity index (χ4n) is 3.15. The van der Waals surface area contributed by atoms with Gasteiger partial charge >= 0.3 is 0 Å². The van der Waals surface area contributed by atoms with Crippen LogP contribution in [0.3, 0.4) is 0 Å². The first-order valence-corrected chi connectivity index (χ1v) is 11.3. The van der Waals surface area contributed by atoms with Crippen LogP contribution >= 0.6 is 11.6 Å². The summed E-state index contributed by atoms with van der Waals surface area (Å²) in [6.45, 7) is 4.64. The zero-order valence-electron chi connectivity index (χ0n) is 17.1. The summed E-state index contributed by atoms with van der Waals surface area (Å²) in [6.07, 6.45) is 3.42. The summed E-state index contributed by atoms with van der Waals surface area (Å²) in [7, 11) is -0.857. The van der Waals surface area contributed by atoms with Crippen molar-refractivity contribution in [2.75, 3.05) is 50.5 Å². The lowest BCUT2D eigenvalue weighted by Crippen LogP contribution is -2.53. The highest BCUT2D eigenvalue weighted by Crippen LogP contribution is 2.27. The van der Waals surface area contributed by atoms with E-state index in [0.717, 1.165) is 4.31 Å². The maximum Gasteiger partial charge on any atom is 0.244 e. The van der Waals surface area contributed by atoms with E-state index in [1.54, 1.807) is 24.5 Å². The number of hydrogen-bond donors (Lipinski definition) is 1. The Balaban J connectivity index is 1.64. The highest BCUT2D eigenvalue weighted by atomic mass is 35.5. The van der Waals surface area contributed by atoms with Crippen molar-refractivity contribution in [3.8, 4) is 0 Å². The number of aromatic nitrogens is 2. The molecule has 1 fully saturated rings. The normalized spacial score (nSPS) is 16.5. The van der Waals surface area contributed by atoms with Crippen LogP contribution in [-0.2, 0) is 14.8 Å². The molecule has 1 N–H and O–H groups in total. The third-order valence-corrected chi connectivity index (χ3v) is 7.33. The number of halogens is 1. The molecule has 30 heavy (non-hydrogen) atoms. The van der Waals surface area contributed by atoms with Gasteiger partial charge in [-0.05, 0) is 31.2 Å². The molecule has 0 saturated carbocycles. The van der Waals surface area contributed by atoms with Gasteiger partial charge in [0.2, 0.25) is 21.9 Å². The molecule has 11 heteroatoms. The van der Waals surface area contributed by atoms with Crippen molar-refractivity contribution < 1.29 is 13.2 Å². The van der Waals surface area contributed by atoms with Gasteiger partial charge in [-0.3, -0.25) is 9.69 Å². The Hall–Kier alpha value is -2.27. The van der Waals surface area contributed by atoms with Gasteiger partial charge in [-0.1, -0.05) is 11.6 Å². The van der Waals surface area contributed by atoms with Gasteiger partial charge in [0.15, 0.2) is 0 Å². The van der Waals surface area contributed by atoms with E-state index in [1.165, 1.54) is 26.2 Å². The largest absolute Gasteiger partial charge is 0.338 e. The van der Waals surface area contributed by atoms with Gasteiger partial charge in [0.05, 0.1) is 11.1 Å². The second kappa shape index (κ2) is 9.25. The van der Waals surface area contributed by atoms with E-state index in [9.17, 15) is 13.2 Å². The van der Waals surface area contributed by atoms with E-state index >= 15 is 0 Å². The minimum atomic E-state index is -3.72. The minimum Gasteiger partial charge on any atom is -0.338 e. The Morgan fingerprint density at radius 1 is 1.17 bits per heavy atom. The Kier molecular flexibility index (Phi) is 6.91. The zero-order valence-corrected chi connectivity index (χ0v) is 18.7. The average Bonchev–Trinajstić information content (AvgIpc) is 2.75. The zero-order chi connectivity index (χ0) is 21.9. The lowest BCUT2D eigenvalue weighted by atomic mass is 10.2. The molecule has 0 radical (unpaired) electrons. The SMILES string of the molecule is CC(C(=O)Nc1ccc(Cl)c(S(=O)(=O)N(C)C)c1)N1CCN(c2ncccn2)CC1. The number of piperazine rings is 1. The maximum atomic E-state index is 12.8. The van der Waals surface area contributed by atoms with Crippen molar-refractivity contribution in [1.29, 1.82) is 0 Å². The quantitative estimate of drug-likeness (QED) is 0.709. The molecule has 0 spiro atoms. The molecule has 1 atom stereocenters. The van der Waals surface area contributed by atoms with Crippen molar-refractivity contribution in [2.45, 2.75) is 17.9 Å². The smallest absolute Gasteiger partial charge is 0.244 e. The molecule has 9 nitrogen and oxygen atoms in total. The number of carbonyl (C=O) groups excluding carboxylic acids is 1. The van der Waals surface area contributed by atoms with Crippen LogP contribution in [0.5, 0.6) is 0 Å². The number of nitrogens with one attached hydrogen (secondary N) is 1. The van der Waals surface area contributed by atoms with Crippen molar-refractivity contribution in [2.24, 2.45) is 0 Å². The van der Waals surface area contributed by atoms with E-state index in [0.29, 0.717) is 37.8 Å². The van der Waals surface area contributed by atoms with Crippen LogP contribution in [0, 0.1) is 0 Å². The number of nitrogens with zero attached hydrogens (tertiary/aromatic N) is 5.